The van der Waals surface area contributed by atoms with E-state index in [-0.39, 0.29) is 0 Å². The molecule has 1 aliphatic rings. The lowest BCUT2D eigenvalue weighted by Gasteiger charge is -2.06. The van der Waals surface area contributed by atoms with Crippen molar-refractivity contribution in [1.82, 2.24) is 20.2 Å². The number of halogens is 1. The summed E-state index contributed by atoms with van der Waals surface area (Å²) >= 11 is 5.15. The first kappa shape index (κ1) is 14.8. The summed E-state index contributed by atoms with van der Waals surface area (Å²) in [5, 5.41) is 8.16. The number of ether oxygens (including phenoxy) is 1. The fourth-order valence-corrected chi connectivity index (χ4v) is 3.86. The summed E-state index contributed by atoms with van der Waals surface area (Å²) in [5.74, 6) is 2.73. The summed E-state index contributed by atoms with van der Waals surface area (Å²) in [6, 6.07) is 6.06. The SMILES string of the molecule is CC(C)c1n[nH]c(-c2nc3c(s2)CCOc2cc(Br)ccc2-3)n1. The van der Waals surface area contributed by atoms with Crippen LogP contribution < -0.4 is 4.74 Å². The lowest BCUT2D eigenvalue weighted by atomic mass is 10.1. The molecule has 7 heteroatoms. The third-order valence-electron chi connectivity index (χ3n) is 3.70. The molecule has 1 aliphatic heterocycles. The Labute approximate surface area is 146 Å². The number of thiazole rings is 1. The minimum atomic E-state index is 0.296. The van der Waals surface area contributed by atoms with Gasteiger partial charge in [-0.2, -0.15) is 5.10 Å². The van der Waals surface area contributed by atoms with E-state index >= 15 is 0 Å². The molecule has 1 aromatic carbocycles. The number of hydrogen-bond acceptors (Lipinski definition) is 5. The van der Waals surface area contributed by atoms with Gasteiger partial charge in [-0.1, -0.05) is 29.8 Å². The highest BCUT2D eigenvalue weighted by Gasteiger charge is 2.22. The predicted molar refractivity (Wildman–Crippen MR) is 93.9 cm³/mol. The van der Waals surface area contributed by atoms with Crippen LogP contribution in [0.1, 0.15) is 30.5 Å². The summed E-state index contributed by atoms with van der Waals surface area (Å²) in [7, 11) is 0. The Morgan fingerprint density at radius 2 is 2.17 bits per heavy atom. The Morgan fingerprint density at radius 1 is 1.30 bits per heavy atom. The fraction of sp³-hybridized carbons (Fsp3) is 0.312. The van der Waals surface area contributed by atoms with E-state index in [0.717, 1.165) is 44.6 Å². The summed E-state index contributed by atoms with van der Waals surface area (Å²) in [5.41, 5.74) is 2.03. The maximum Gasteiger partial charge on any atom is 0.184 e. The van der Waals surface area contributed by atoms with Gasteiger partial charge < -0.3 is 4.74 Å². The third-order valence-corrected chi connectivity index (χ3v) is 5.32. The van der Waals surface area contributed by atoms with Crippen LogP contribution >= 0.6 is 27.3 Å². The van der Waals surface area contributed by atoms with Crippen LogP contribution in [-0.4, -0.2) is 26.8 Å². The minimum absolute atomic E-state index is 0.296. The van der Waals surface area contributed by atoms with Crippen LogP contribution in [0, 0.1) is 0 Å². The van der Waals surface area contributed by atoms with Crippen LogP contribution in [0.4, 0.5) is 0 Å². The van der Waals surface area contributed by atoms with E-state index in [2.05, 4.69) is 45.0 Å². The van der Waals surface area contributed by atoms with Crippen LogP contribution in [0.2, 0.25) is 0 Å². The molecule has 0 saturated heterocycles. The van der Waals surface area contributed by atoms with E-state index in [4.69, 9.17) is 9.72 Å². The van der Waals surface area contributed by atoms with Crippen LogP contribution in [0.15, 0.2) is 22.7 Å². The van der Waals surface area contributed by atoms with Crippen molar-refractivity contribution in [2.75, 3.05) is 6.61 Å². The Balaban J connectivity index is 1.80. The van der Waals surface area contributed by atoms with Crippen molar-refractivity contribution in [2.24, 2.45) is 0 Å². The van der Waals surface area contributed by atoms with Gasteiger partial charge in [0.05, 0.1) is 12.3 Å². The molecule has 3 aromatic rings. The van der Waals surface area contributed by atoms with Gasteiger partial charge in [-0.15, -0.1) is 11.3 Å². The maximum atomic E-state index is 5.85. The quantitative estimate of drug-likeness (QED) is 0.703. The smallest absolute Gasteiger partial charge is 0.184 e. The van der Waals surface area contributed by atoms with E-state index in [1.54, 1.807) is 11.3 Å². The number of fused-ring (bicyclic) bond motifs is 3. The maximum absolute atomic E-state index is 5.85. The van der Waals surface area contributed by atoms with Crippen LogP contribution in [0.25, 0.3) is 22.1 Å². The molecule has 2 aromatic heterocycles. The van der Waals surface area contributed by atoms with Crippen molar-refractivity contribution in [3.8, 4) is 27.8 Å². The molecule has 3 heterocycles. The Kier molecular flexibility index (Phi) is 3.69. The van der Waals surface area contributed by atoms with E-state index < -0.39 is 0 Å². The second-order valence-corrected chi connectivity index (χ2v) is 7.73. The predicted octanol–water partition coefficient (Wildman–Crippen LogP) is 4.42. The zero-order valence-electron chi connectivity index (χ0n) is 12.8. The molecule has 118 valence electrons. The minimum Gasteiger partial charge on any atom is -0.492 e. The van der Waals surface area contributed by atoms with Gasteiger partial charge in [0.25, 0.3) is 0 Å². The molecule has 0 spiro atoms. The van der Waals surface area contributed by atoms with Gasteiger partial charge in [-0.05, 0) is 18.2 Å². The molecule has 0 atom stereocenters. The highest BCUT2D eigenvalue weighted by molar-refractivity contribution is 9.10. The van der Waals surface area contributed by atoms with Gasteiger partial charge in [0.1, 0.15) is 5.75 Å². The second-order valence-electron chi connectivity index (χ2n) is 5.73. The third kappa shape index (κ3) is 2.68. The number of nitrogens with zero attached hydrogens (tertiary/aromatic N) is 3. The number of aromatic nitrogens is 4. The molecule has 5 nitrogen and oxygen atoms in total. The first-order chi connectivity index (χ1) is 11.1. The molecule has 0 aliphatic carbocycles. The molecule has 0 unspecified atom stereocenters. The number of aromatic amines is 1. The Hall–Kier alpha value is -1.73. The van der Waals surface area contributed by atoms with Crippen LogP contribution in [0.3, 0.4) is 0 Å². The molecule has 23 heavy (non-hydrogen) atoms. The average Bonchev–Trinajstić information content (AvgIpc) is 3.12. The molecule has 4 rings (SSSR count). The fourth-order valence-electron chi connectivity index (χ4n) is 2.53. The van der Waals surface area contributed by atoms with E-state index in [0.29, 0.717) is 12.5 Å². The molecule has 0 radical (unpaired) electrons. The first-order valence-electron chi connectivity index (χ1n) is 7.47. The number of benzene rings is 1. The van der Waals surface area contributed by atoms with E-state index in [1.807, 2.05) is 18.2 Å². The van der Waals surface area contributed by atoms with E-state index in [9.17, 15) is 0 Å². The average molecular weight is 391 g/mol. The number of rotatable bonds is 2. The van der Waals surface area contributed by atoms with Crippen molar-refractivity contribution in [2.45, 2.75) is 26.2 Å². The monoisotopic (exact) mass is 390 g/mol. The molecular weight excluding hydrogens is 376 g/mol. The van der Waals surface area contributed by atoms with Crippen molar-refractivity contribution in [1.29, 1.82) is 0 Å². The van der Waals surface area contributed by atoms with Crippen molar-refractivity contribution < 1.29 is 4.74 Å². The van der Waals surface area contributed by atoms with Crippen LogP contribution in [0.5, 0.6) is 5.75 Å². The molecule has 0 fully saturated rings. The largest absolute Gasteiger partial charge is 0.492 e. The van der Waals surface area contributed by atoms with E-state index in [1.165, 1.54) is 4.88 Å². The van der Waals surface area contributed by atoms with Crippen molar-refractivity contribution in [3.63, 3.8) is 0 Å². The number of hydrogen-bond donors (Lipinski definition) is 1. The standard InChI is InChI=1S/C16H15BrN4OS/c1-8(2)14-19-15(21-20-14)16-18-13-10-4-3-9(17)7-11(10)22-6-5-12(13)23-16/h3-4,7-8H,5-6H2,1-2H3,(H,19,20,21). The van der Waals surface area contributed by atoms with Gasteiger partial charge in [-0.3, -0.25) is 5.10 Å². The number of nitrogens with one attached hydrogen (secondary N) is 1. The highest BCUT2D eigenvalue weighted by Crippen LogP contribution is 2.40. The zero-order chi connectivity index (χ0) is 16.0. The summed E-state index contributed by atoms with van der Waals surface area (Å²) in [6.07, 6.45) is 0.852. The lowest BCUT2D eigenvalue weighted by molar-refractivity contribution is 0.327. The van der Waals surface area contributed by atoms with Crippen molar-refractivity contribution in [3.05, 3.63) is 33.4 Å². The number of H-pyrrole nitrogens is 1. The molecule has 0 saturated carbocycles. The van der Waals surface area contributed by atoms with Gasteiger partial charge in [0, 0.05) is 27.3 Å². The Bertz CT molecular complexity index is 871. The van der Waals surface area contributed by atoms with Gasteiger partial charge in [0.15, 0.2) is 16.7 Å². The molecule has 1 N–H and O–H groups in total. The Morgan fingerprint density at radius 3 is 2.96 bits per heavy atom. The molecule has 0 amide bonds. The second kappa shape index (κ2) is 5.72. The van der Waals surface area contributed by atoms with Gasteiger partial charge in [-0.25, -0.2) is 9.97 Å². The zero-order valence-corrected chi connectivity index (χ0v) is 15.2. The molecule has 0 bridgehead atoms. The topological polar surface area (TPSA) is 63.7 Å². The van der Waals surface area contributed by atoms with Crippen molar-refractivity contribution >= 4 is 27.3 Å². The first-order valence-corrected chi connectivity index (χ1v) is 9.08. The summed E-state index contributed by atoms with van der Waals surface area (Å²) < 4.78 is 6.86. The molecular formula is C16H15BrN4OS. The summed E-state index contributed by atoms with van der Waals surface area (Å²) in [4.78, 5) is 10.6. The summed E-state index contributed by atoms with van der Waals surface area (Å²) in [6.45, 7) is 4.82. The lowest BCUT2D eigenvalue weighted by Crippen LogP contribution is -1.97. The normalized spacial score (nSPS) is 13.4. The highest BCUT2D eigenvalue weighted by atomic mass is 79.9. The van der Waals surface area contributed by atoms with Gasteiger partial charge in [0.2, 0.25) is 0 Å². The van der Waals surface area contributed by atoms with Gasteiger partial charge >= 0.3 is 0 Å². The van der Waals surface area contributed by atoms with Crippen LogP contribution in [-0.2, 0) is 6.42 Å².